The van der Waals surface area contributed by atoms with Crippen LogP contribution >= 0.6 is 15.9 Å². The lowest BCUT2D eigenvalue weighted by atomic mass is 10.2. The fourth-order valence-electron chi connectivity index (χ4n) is 2.40. The zero-order valence-corrected chi connectivity index (χ0v) is 17.5. The smallest absolute Gasteiger partial charge is 0.243 e. The topological polar surface area (TPSA) is 86.7 Å². The predicted molar refractivity (Wildman–Crippen MR) is 108 cm³/mol. The lowest BCUT2D eigenvalue weighted by Gasteiger charge is -2.22. The molecule has 0 saturated carbocycles. The summed E-state index contributed by atoms with van der Waals surface area (Å²) in [7, 11) is -3.84. The van der Waals surface area contributed by atoms with Gasteiger partial charge in [-0.1, -0.05) is 45.8 Å². The molecule has 2 aromatic rings. The van der Waals surface area contributed by atoms with E-state index in [0.29, 0.717) is 13.0 Å². The molecule has 0 fully saturated rings. The molecule has 0 aliphatic rings. The normalized spacial score (nSPS) is 11.6. The lowest BCUT2D eigenvalue weighted by molar-refractivity contribution is -0.121. The summed E-state index contributed by atoms with van der Waals surface area (Å²) in [5, 5.41) is 11.4. The molecule has 2 N–H and O–H groups in total. The minimum atomic E-state index is -3.84. The first-order valence-corrected chi connectivity index (χ1v) is 10.7. The van der Waals surface area contributed by atoms with Gasteiger partial charge in [0.2, 0.25) is 15.9 Å². The summed E-state index contributed by atoms with van der Waals surface area (Å²) in [6, 6.07) is 13.8. The molecule has 2 aromatic carbocycles. The van der Waals surface area contributed by atoms with E-state index >= 15 is 0 Å². The van der Waals surface area contributed by atoms with Crippen LogP contribution in [0.4, 0.5) is 0 Å². The van der Waals surface area contributed by atoms with Crippen LogP contribution in [0.3, 0.4) is 0 Å². The number of carbonyl (C=O) groups excluding carboxylic acids is 1. The number of nitrogens with one attached hydrogen (secondary N) is 1. The van der Waals surface area contributed by atoms with E-state index in [-0.39, 0.29) is 24.6 Å². The van der Waals surface area contributed by atoms with E-state index in [0.717, 1.165) is 19.9 Å². The molecule has 6 nitrogen and oxygen atoms in total. The molecule has 0 radical (unpaired) electrons. The highest BCUT2D eigenvalue weighted by Gasteiger charge is 2.26. The Kier molecular flexibility index (Phi) is 7.97. The number of amides is 1. The minimum absolute atomic E-state index is 0.0372. The molecular formula is C19H23BrN2O4S. The summed E-state index contributed by atoms with van der Waals surface area (Å²) in [6.07, 6.45) is 0.420. The van der Waals surface area contributed by atoms with Crippen LogP contribution in [0, 0.1) is 6.92 Å². The molecule has 146 valence electrons. The van der Waals surface area contributed by atoms with Gasteiger partial charge >= 0.3 is 0 Å². The van der Waals surface area contributed by atoms with Crippen LogP contribution in [0.1, 0.15) is 17.5 Å². The van der Waals surface area contributed by atoms with Crippen molar-refractivity contribution in [3.05, 3.63) is 64.1 Å². The summed E-state index contributed by atoms with van der Waals surface area (Å²) < 4.78 is 28.2. The number of benzene rings is 2. The second-order valence-corrected chi connectivity index (χ2v) is 8.99. The predicted octanol–water partition coefficient (Wildman–Crippen LogP) is 2.45. The maximum atomic E-state index is 13.1. The van der Waals surface area contributed by atoms with Crippen molar-refractivity contribution in [3.8, 4) is 0 Å². The number of aliphatic hydroxyl groups excluding tert-OH is 1. The Morgan fingerprint density at radius 3 is 2.33 bits per heavy atom. The average molecular weight is 455 g/mol. The fraction of sp³-hybridized carbons (Fsp3) is 0.316. The molecule has 27 heavy (non-hydrogen) atoms. The number of rotatable bonds is 9. The molecule has 0 aliphatic carbocycles. The summed E-state index contributed by atoms with van der Waals surface area (Å²) in [5.41, 5.74) is 1.73. The number of carbonyl (C=O) groups is 1. The molecule has 0 saturated heterocycles. The Bertz CT molecular complexity index is 852. The Balaban J connectivity index is 2.25. The molecule has 1 amide bonds. The number of halogens is 1. The molecule has 2 rings (SSSR count). The van der Waals surface area contributed by atoms with Crippen LogP contribution in [-0.4, -0.2) is 43.4 Å². The van der Waals surface area contributed by atoms with Gasteiger partial charge in [-0.3, -0.25) is 4.79 Å². The van der Waals surface area contributed by atoms with Gasteiger partial charge in [0, 0.05) is 24.2 Å². The number of hydrogen-bond donors (Lipinski definition) is 2. The van der Waals surface area contributed by atoms with E-state index in [9.17, 15) is 13.2 Å². The van der Waals surface area contributed by atoms with E-state index in [1.807, 2.05) is 31.2 Å². The zero-order chi connectivity index (χ0) is 19.9. The van der Waals surface area contributed by atoms with Crippen molar-refractivity contribution < 1.29 is 18.3 Å². The van der Waals surface area contributed by atoms with Crippen LogP contribution < -0.4 is 5.32 Å². The molecule has 0 bridgehead atoms. The molecule has 0 heterocycles. The van der Waals surface area contributed by atoms with Gasteiger partial charge in [0.05, 0.1) is 11.4 Å². The van der Waals surface area contributed by atoms with Crippen LogP contribution in [0.15, 0.2) is 57.9 Å². The summed E-state index contributed by atoms with van der Waals surface area (Å²) >= 11 is 3.35. The van der Waals surface area contributed by atoms with Crippen molar-refractivity contribution in [1.82, 2.24) is 9.62 Å². The van der Waals surface area contributed by atoms with Crippen molar-refractivity contribution in [3.63, 3.8) is 0 Å². The van der Waals surface area contributed by atoms with Gasteiger partial charge in [0.1, 0.15) is 0 Å². The van der Waals surface area contributed by atoms with Gasteiger partial charge in [-0.15, -0.1) is 0 Å². The van der Waals surface area contributed by atoms with E-state index in [1.165, 1.54) is 0 Å². The number of aryl methyl sites for hydroxylation is 1. The molecule has 0 atom stereocenters. The molecular weight excluding hydrogens is 432 g/mol. The van der Waals surface area contributed by atoms with Crippen LogP contribution in [-0.2, 0) is 21.4 Å². The molecule has 0 unspecified atom stereocenters. The van der Waals surface area contributed by atoms with E-state index in [4.69, 9.17) is 5.11 Å². The monoisotopic (exact) mass is 454 g/mol. The van der Waals surface area contributed by atoms with Gasteiger partial charge < -0.3 is 10.4 Å². The van der Waals surface area contributed by atoms with Crippen molar-refractivity contribution in [2.45, 2.75) is 24.8 Å². The van der Waals surface area contributed by atoms with Gasteiger partial charge in [0.15, 0.2) is 0 Å². The third kappa shape index (κ3) is 6.42. The number of sulfonamides is 1. The van der Waals surface area contributed by atoms with Crippen LogP contribution in [0.5, 0.6) is 0 Å². The maximum Gasteiger partial charge on any atom is 0.243 e. The number of aliphatic hydroxyl groups is 1. The second kappa shape index (κ2) is 9.98. The first-order chi connectivity index (χ1) is 12.8. The highest BCUT2D eigenvalue weighted by Crippen LogP contribution is 2.20. The SMILES string of the molecule is Cc1ccc(S(=O)(=O)N(CC(=O)NCCCO)Cc2ccc(Br)cc2)cc1. The Morgan fingerprint density at radius 1 is 1.11 bits per heavy atom. The molecule has 0 aromatic heterocycles. The first-order valence-electron chi connectivity index (χ1n) is 8.52. The van der Waals surface area contributed by atoms with Crippen molar-refractivity contribution in [2.75, 3.05) is 19.7 Å². The lowest BCUT2D eigenvalue weighted by Crippen LogP contribution is -2.40. The highest BCUT2D eigenvalue weighted by atomic mass is 79.9. The van der Waals surface area contributed by atoms with Crippen molar-refractivity contribution in [1.29, 1.82) is 0 Å². The van der Waals surface area contributed by atoms with Gasteiger partial charge in [-0.2, -0.15) is 4.31 Å². The Hall–Kier alpha value is -1.74. The zero-order valence-electron chi connectivity index (χ0n) is 15.1. The largest absolute Gasteiger partial charge is 0.396 e. The Morgan fingerprint density at radius 2 is 1.74 bits per heavy atom. The third-order valence-electron chi connectivity index (χ3n) is 3.91. The van der Waals surface area contributed by atoms with E-state index < -0.39 is 15.9 Å². The maximum absolute atomic E-state index is 13.1. The summed E-state index contributed by atoms with van der Waals surface area (Å²) in [6.45, 7) is 1.93. The van der Waals surface area contributed by atoms with Crippen molar-refractivity contribution in [2.24, 2.45) is 0 Å². The summed E-state index contributed by atoms with van der Waals surface area (Å²) in [5.74, 6) is -0.406. The van der Waals surface area contributed by atoms with E-state index in [2.05, 4.69) is 21.2 Å². The number of nitrogens with zero attached hydrogens (tertiary/aromatic N) is 1. The average Bonchev–Trinajstić information content (AvgIpc) is 2.63. The standard InChI is InChI=1S/C19H23BrN2O4S/c1-15-3-9-18(10-4-15)27(25,26)22(14-19(24)21-11-2-12-23)13-16-5-7-17(20)8-6-16/h3-10,23H,2,11-14H2,1H3,(H,21,24). The Labute approximate surface area is 168 Å². The second-order valence-electron chi connectivity index (χ2n) is 6.14. The minimum Gasteiger partial charge on any atom is -0.396 e. The summed E-state index contributed by atoms with van der Waals surface area (Å²) in [4.78, 5) is 12.3. The van der Waals surface area contributed by atoms with Gasteiger partial charge in [0.25, 0.3) is 0 Å². The quantitative estimate of drug-likeness (QED) is 0.569. The third-order valence-corrected chi connectivity index (χ3v) is 6.24. The fourth-order valence-corrected chi connectivity index (χ4v) is 4.05. The highest BCUT2D eigenvalue weighted by molar-refractivity contribution is 9.10. The molecule has 0 aliphatic heterocycles. The van der Waals surface area contributed by atoms with Gasteiger partial charge in [-0.05, 0) is 43.2 Å². The van der Waals surface area contributed by atoms with Crippen LogP contribution in [0.25, 0.3) is 0 Å². The van der Waals surface area contributed by atoms with Gasteiger partial charge in [-0.25, -0.2) is 8.42 Å². The number of hydrogen-bond acceptors (Lipinski definition) is 4. The first kappa shape index (κ1) is 21.6. The van der Waals surface area contributed by atoms with Crippen molar-refractivity contribution >= 4 is 31.9 Å². The molecule has 8 heteroatoms. The molecule has 0 spiro atoms. The van der Waals surface area contributed by atoms with E-state index in [1.54, 1.807) is 24.3 Å². The van der Waals surface area contributed by atoms with Crippen LogP contribution in [0.2, 0.25) is 0 Å².